The molecule has 8 heteroatoms. The summed E-state index contributed by atoms with van der Waals surface area (Å²) in [5.41, 5.74) is 4.97. The second-order valence-electron chi connectivity index (χ2n) is 6.85. The zero-order chi connectivity index (χ0) is 19.8. The van der Waals surface area contributed by atoms with E-state index in [0.29, 0.717) is 6.54 Å². The summed E-state index contributed by atoms with van der Waals surface area (Å²) in [7, 11) is 0. The number of nitro benzene ring substituents is 1. The average molecular weight is 386 g/mol. The van der Waals surface area contributed by atoms with Gasteiger partial charge in [-0.1, -0.05) is 18.2 Å². The van der Waals surface area contributed by atoms with E-state index in [4.69, 9.17) is 5.10 Å². The molecule has 8 nitrogen and oxygen atoms in total. The molecule has 0 atom stereocenters. The lowest BCUT2D eigenvalue weighted by Crippen LogP contribution is -2.25. The van der Waals surface area contributed by atoms with Crippen LogP contribution < -0.4 is 5.32 Å². The maximum Gasteiger partial charge on any atom is 0.269 e. The van der Waals surface area contributed by atoms with Crippen LogP contribution in [0.5, 0.6) is 0 Å². The van der Waals surface area contributed by atoms with E-state index in [1.54, 1.807) is 18.3 Å². The van der Waals surface area contributed by atoms with Crippen LogP contribution in [-0.4, -0.2) is 30.8 Å². The highest BCUT2D eigenvalue weighted by atomic mass is 16.6. The standard InChI is InChI=1S/C21H18N6O2/c28-27(29)17-8-6-15(7-9-17)20-18-14-22-11-10-19(18)26(24-20)21-23-12-13-25(21)16-4-2-1-3-5-16/h1-9,12-13,22H,10-11,14H2. The molecular weight excluding hydrogens is 368 g/mol. The van der Waals surface area contributed by atoms with Crippen molar-refractivity contribution in [2.75, 3.05) is 6.54 Å². The van der Waals surface area contributed by atoms with Gasteiger partial charge in [0.25, 0.3) is 5.69 Å². The van der Waals surface area contributed by atoms with E-state index >= 15 is 0 Å². The van der Waals surface area contributed by atoms with Gasteiger partial charge in [0, 0.05) is 60.9 Å². The predicted molar refractivity (Wildman–Crippen MR) is 108 cm³/mol. The smallest absolute Gasteiger partial charge is 0.269 e. The zero-order valence-electron chi connectivity index (χ0n) is 15.5. The number of nitro groups is 1. The molecule has 0 unspecified atom stereocenters. The summed E-state index contributed by atoms with van der Waals surface area (Å²) < 4.78 is 3.91. The quantitative estimate of drug-likeness (QED) is 0.429. The summed E-state index contributed by atoms with van der Waals surface area (Å²) in [5, 5.41) is 19.3. The van der Waals surface area contributed by atoms with Gasteiger partial charge >= 0.3 is 0 Å². The van der Waals surface area contributed by atoms with Gasteiger partial charge in [0.05, 0.1) is 16.3 Å². The Labute approximate surface area is 166 Å². The van der Waals surface area contributed by atoms with Crippen LogP contribution in [0.1, 0.15) is 11.3 Å². The van der Waals surface area contributed by atoms with E-state index in [1.165, 1.54) is 12.1 Å². The molecule has 0 bridgehead atoms. The normalized spacial score (nSPS) is 13.2. The monoisotopic (exact) mass is 386 g/mol. The number of aromatic nitrogens is 4. The summed E-state index contributed by atoms with van der Waals surface area (Å²) >= 11 is 0. The van der Waals surface area contributed by atoms with Crippen molar-refractivity contribution in [2.24, 2.45) is 0 Å². The van der Waals surface area contributed by atoms with E-state index in [9.17, 15) is 10.1 Å². The van der Waals surface area contributed by atoms with Gasteiger partial charge in [0.2, 0.25) is 5.95 Å². The summed E-state index contributed by atoms with van der Waals surface area (Å²) in [4.78, 5) is 15.2. The second kappa shape index (κ2) is 6.99. The SMILES string of the molecule is O=[N+]([O-])c1ccc(-c2nn(-c3nccn3-c3ccccc3)c3c2CNCC3)cc1. The summed E-state index contributed by atoms with van der Waals surface area (Å²) in [6, 6.07) is 16.6. The minimum atomic E-state index is -0.393. The van der Waals surface area contributed by atoms with Crippen LogP contribution in [0.4, 0.5) is 5.69 Å². The van der Waals surface area contributed by atoms with Gasteiger partial charge in [-0.05, 0) is 24.3 Å². The number of rotatable bonds is 4. The minimum Gasteiger partial charge on any atom is -0.312 e. The molecule has 2 aromatic heterocycles. The largest absolute Gasteiger partial charge is 0.312 e. The van der Waals surface area contributed by atoms with Gasteiger partial charge in [-0.15, -0.1) is 0 Å². The fourth-order valence-corrected chi connectivity index (χ4v) is 3.73. The van der Waals surface area contributed by atoms with Crippen molar-refractivity contribution < 1.29 is 4.92 Å². The third-order valence-electron chi connectivity index (χ3n) is 5.13. The van der Waals surface area contributed by atoms with Gasteiger partial charge in [-0.25, -0.2) is 9.67 Å². The molecule has 0 saturated carbocycles. The lowest BCUT2D eigenvalue weighted by atomic mass is 10.0. The first-order chi connectivity index (χ1) is 14.2. The Balaban J connectivity index is 1.65. The third kappa shape index (κ3) is 2.99. The van der Waals surface area contributed by atoms with Gasteiger partial charge in [-0.3, -0.25) is 14.7 Å². The molecule has 4 aromatic rings. The highest BCUT2D eigenvalue weighted by Gasteiger charge is 2.24. The molecule has 3 heterocycles. The summed E-state index contributed by atoms with van der Waals surface area (Å²) in [5.74, 6) is 0.725. The Morgan fingerprint density at radius 1 is 1.07 bits per heavy atom. The number of hydrogen-bond acceptors (Lipinski definition) is 5. The van der Waals surface area contributed by atoms with Crippen molar-refractivity contribution in [3.05, 3.63) is 88.4 Å². The highest BCUT2D eigenvalue weighted by Crippen LogP contribution is 2.30. The van der Waals surface area contributed by atoms with Crippen LogP contribution >= 0.6 is 0 Å². The van der Waals surface area contributed by atoms with Crippen LogP contribution in [0.3, 0.4) is 0 Å². The Hall–Kier alpha value is -3.78. The van der Waals surface area contributed by atoms with E-state index < -0.39 is 4.92 Å². The van der Waals surface area contributed by atoms with E-state index in [1.807, 2.05) is 45.8 Å². The van der Waals surface area contributed by atoms with Crippen LogP contribution in [0.25, 0.3) is 22.9 Å². The van der Waals surface area contributed by atoms with Gasteiger partial charge in [0.1, 0.15) is 0 Å². The average Bonchev–Trinajstić information content (AvgIpc) is 3.39. The fourth-order valence-electron chi connectivity index (χ4n) is 3.73. The van der Waals surface area contributed by atoms with Crippen LogP contribution in [-0.2, 0) is 13.0 Å². The molecule has 0 spiro atoms. The molecular formula is C21H18N6O2. The maximum absolute atomic E-state index is 11.0. The predicted octanol–water partition coefficient (Wildman–Crippen LogP) is 3.28. The van der Waals surface area contributed by atoms with Crippen molar-refractivity contribution in [1.82, 2.24) is 24.6 Å². The fraction of sp³-hybridized carbons (Fsp3) is 0.143. The molecule has 0 radical (unpaired) electrons. The first kappa shape index (κ1) is 17.3. The second-order valence-corrected chi connectivity index (χ2v) is 6.85. The zero-order valence-corrected chi connectivity index (χ0v) is 15.5. The molecule has 144 valence electrons. The maximum atomic E-state index is 11.0. The van der Waals surface area contributed by atoms with E-state index in [2.05, 4.69) is 10.3 Å². The minimum absolute atomic E-state index is 0.0693. The summed E-state index contributed by atoms with van der Waals surface area (Å²) in [6.07, 6.45) is 4.52. The Morgan fingerprint density at radius 2 is 1.86 bits per heavy atom. The van der Waals surface area contributed by atoms with E-state index in [0.717, 1.165) is 47.1 Å². The van der Waals surface area contributed by atoms with Crippen molar-refractivity contribution in [3.8, 4) is 22.9 Å². The molecule has 1 aliphatic rings. The third-order valence-corrected chi connectivity index (χ3v) is 5.13. The molecule has 0 fully saturated rings. The summed E-state index contributed by atoms with van der Waals surface area (Å²) in [6.45, 7) is 1.57. The number of para-hydroxylation sites is 1. The molecule has 1 N–H and O–H groups in total. The van der Waals surface area contributed by atoms with Crippen molar-refractivity contribution in [3.63, 3.8) is 0 Å². The lowest BCUT2D eigenvalue weighted by Gasteiger charge is -2.16. The molecule has 5 rings (SSSR count). The number of non-ortho nitro benzene ring substituents is 1. The molecule has 2 aromatic carbocycles. The Morgan fingerprint density at radius 3 is 2.62 bits per heavy atom. The van der Waals surface area contributed by atoms with Crippen LogP contribution in [0.2, 0.25) is 0 Å². The van der Waals surface area contributed by atoms with Gasteiger partial charge in [-0.2, -0.15) is 5.10 Å². The Kier molecular flexibility index (Phi) is 4.18. The Bertz CT molecular complexity index is 1180. The number of benzene rings is 2. The molecule has 0 saturated heterocycles. The lowest BCUT2D eigenvalue weighted by molar-refractivity contribution is -0.384. The number of fused-ring (bicyclic) bond motifs is 1. The number of nitrogens with one attached hydrogen (secondary N) is 1. The molecule has 0 aliphatic carbocycles. The molecule has 29 heavy (non-hydrogen) atoms. The van der Waals surface area contributed by atoms with Gasteiger partial charge < -0.3 is 5.32 Å². The van der Waals surface area contributed by atoms with Crippen molar-refractivity contribution in [1.29, 1.82) is 0 Å². The topological polar surface area (TPSA) is 90.8 Å². The van der Waals surface area contributed by atoms with E-state index in [-0.39, 0.29) is 5.69 Å². The van der Waals surface area contributed by atoms with Crippen LogP contribution in [0, 0.1) is 10.1 Å². The molecule has 1 aliphatic heterocycles. The van der Waals surface area contributed by atoms with Crippen LogP contribution in [0.15, 0.2) is 67.0 Å². The van der Waals surface area contributed by atoms with Crippen molar-refractivity contribution in [2.45, 2.75) is 13.0 Å². The van der Waals surface area contributed by atoms with Gasteiger partial charge in [0.15, 0.2) is 0 Å². The number of imidazole rings is 1. The number of nitrogens with zero attached hydrogens (tertiary/aromatic N) is 5. The highest BCUT2D eigenvalue weighted by molar-refractivity contribution is 5.66. The first-order valence-corrected chi connectivity index (χ1v) is 9.38. The van der Waals surface area contributed by atoms with Crippen molar-refractivity contribution >= 4 is 5.69 Å². The molecule has 0 amide bonds. The first-order valence-electron chi connectivity index (χ1n) is 9.38. The number of hydrogen-bond donors (Lipinski definition) is 1.